The van der Waals surface area contributed by atoms with Crippen LogP contribution in [0.25, 0.3) is 0 Å². The van der Waals surface area contributed by atoms with Crippen molar-refractivity contribution >= 4 is 17.2 Å². The summed E-state index contributed by atoms with van der Waals surface area (Å²) in [4.78, 5) is 17.2. The van der Waals surface area contributed by atoms with E-state index in [0.29, 0.717) is 6.04 Å². The molecule has 1 atom stereocenters. The minimum Gasteiger partial charge on any atom is -0.336 e. The molecule has 2 aromatic heterocycles. The summed E-state index contributed by atoms with van der Waals surface area (Å²) in [5, 5.41) is 4.43. The van der Waals surface area contributed by atoms with Crippen molar-refractivity contribution in [2.24, 2.45) is 0 Å². The average molecular weight is 315 g/mol. The zero-order chi connectivity index (χ0) is 15.1. The van der Waals surface area contributed by atoms with Crippen LogP contribution in [0, 0.1) is 6.92 Å². The van der Waals surface area contributed by atoms with Gasteiger partial charge < -0.3 is 4.90 Å². The van der Waals surface area contributed by atoms with E-state index >= 15 is 0 Å². The zero-order valence-corrected chi connectivity index (χ0v) is 13.7. The van der Waals surface area contributed by atoms with Crippen molar-refractivity contribution in [2.45, 2.75) is 45.1 Å². The van der Waals surface area contributed by atoms with Gasteiger partial charge in [-0.2, -0.15) is 5.10 Å². The summed E-state index contributed by atoms with van der Waals surface area (Å²) >= 11 is 1.71. The molecule has 1 fully saturated rings. The third kappa shape index (κ3) is 2.47. The van der Waals surface area contributed by atoms with Crippen molar-refractivity contribution in [1.29, 1.82) is 0 Å². The number of nitrogens with zero attached hydrogens (tertiary/aromatic N) is 3. The van der Waals surface area contributed by atoms with E-state index in [1.165, 1.54) is 22.4 Å². The van der Waals surface area contributed by atoms with E-state index in [-0.39, 0.29) is 5.91 Å². The van der Waals surface area contributed by atoms with Gasteiger partial charge in [-0.3, -0.25) is 9.48 Å². The van der Waals surface area contributed by atoms with Crippen LogP contribution in [-0.4, -0.2) is 33.7 Å². The van der Waals surface area contributed by atoms with Crippen molar-refractivity contribution in [2.75, 3.05) is 13.1 Å². The van der Waals surface area contributed by atoms with Gasteiger partial charge in [0.25, 0.3) is 5.91 Å². The molecule has 1 aliphatic heterocycles. The molecule has 2 aromatic rings. The van der Waals surface area contributed by atoms with Crippen LogP contribution in [0.1, 0.15) is 51.0 Å². The molecule has 0 spiro atoms. The number of carbonyl (C=O) groups is 1. The molecule has 5 heteroatoms. The largest absolute Gasteiger partial charge is 0.336 e. The summed E-state index contributed by atoms with van der Waals surface area (Å²) in [6, 6.07) is 2.45. The molecule has 0 N–H and O–H groups in total. The maximum Gasteiger partial charge on any atom is 0.264 e. The molecule has 0 radical (unpaired) electrons. The molecule has 22 heavy (non-hydrogen) atoms. The lowest BCUT2D eigenvalue weighted by Gasteiger charge is -2.32. The molecule has 3 heterocycles. The zero-order valence-electron chi connectivity index (χ0n) is 12.9. The van der Waals surface area contributed by atoms with Crippen LogP contribution in [0.5, 0.6) is 0 Å². The fraction of sp³-hybridized carbons (Fsp3) is 0.529. The molecular weight excluding hydrogens is 294 g/mol. The van der Waals surface area contributed by atoms with Crippen molar-refractivity contribution in [1.82, 2.24) is 14.7 Å². The predicted molar refractivity (Wildman–Crippen MR) is 87.5 cm³/mol. The molecular formula is C17H21N3OS. The second-order valence-electron chi connectivity index (χ2n) is 6.46. The van der Waals surface area contributed by atoms with Crippen LogP contribution >= 0.6 is 11.3 Å². The van der Waals surface area contributed by atoms with Gasteiger partial charge in [0.1, 0.15) is 0 Å². The summed E-state index contributed by atoms with van der Waals surface area (Å²) in [6.45, 7) is 3.71. The monoisotopic (exact) mass is 315 g/mol. The van der Waals surface area contributed by atoms with Crippen LogP contribution in [0.2, 0.25) is 0 Å². The van der Waals surface area contributed by atoms with Crippen molar-refractivity contribution in [3.63, 3.8) is 0 Å². The number of hydrogen-bond acceptors (Lipinski definition) is 3. The smallest absolute Gasteiger partial charge is 0.264 e. The number of likely N-dealkylation sites (tertiary alicyclic amines) is 1. The van der Waals surface area contributed by atoms with Crippen LogP contribution in [0.4, 0.5) is 0 Å². The Morgan fingerprint density at radius 1 is 1.36 bits per heavy atom. The third-order valence-corrected chi connectivity index (χ3v) is 5.97. The molecule has 116 valence electrons. The molecule has 0 saturated carbocycles. The summed E-state index contributed by atoms with van der Waals surface area (Å²) in [6.07, 6.45) is 9.69. The third-order valence-electron chi connectivity index (χ3n) is 4.75. The van der Waals surface area contributed by atoms with Gasteiger partial charge in [0.15, 0.2) is 0 Å². The highest BCUT2D eigenvalue weighted by Crippen LogP contribution is 2.32. The molecule has 4 rings (SSSR count). The molecule has 2 aliphatic rings. The Bertz CT molecular complexity index is 681. The van der Waals surface area contributed by atoms with Crippen molar-refractivity contribution in [3.05, 3.63) is 39.3 Å². The molecule has 1 amide bonds. The maximum atomic E-state index is 12.8. The normalized spacial score (nSPS) is 21.1. The Morgan fingerprint density at radius 3 is 3.05 bits per heavy atom. The first kappa shape index (κ1) is 14.0. The summed E-state index contributed by atoms with van der Waals surface area (Å²) in [5.74, 6) is 0.216. The first-order valence-electron chi connectivity index (χ1n) is 8.12. The van der Waals surface area contributed by atoms with E-state index in [1.54, 1.807) is 11.3 Å². The highest BCUT2D eigenvalue weighted by Gasteiger charge is 2.28. The van der Waals surface area contributed by atoms with E-state index in [9.17, 15) is 4.79 Å². The first-order valence-corrected chi connectivity index (χ1v) is 8.94. The van der Waals surface area contributed by atoms with E-state index in [0.717, 1.165) is 43.6 Å². The minimum absolute atomic E-state index is 0.216. The summed E-state index contributed by atoms with van der Waals surface area (Å²) in [5.41, 5.74) is 2.59. The van der Waals surface area contributed by atoms with Gasteiger partial charge in [0, 0.05) is 24.2 Å². The lowest BCUT2D eigenvalue weighted by Crippen LogP contribution is -2.40. The summed E-state index contributed by atoms with van der Waals surface area (Å²) in [7, 11) is 0. The lowest BCUT2D eigenvalue weighted by molar-refractivity contribution is 0.0678. The summed E-state index contributed by atoms with van der Waals surface area (Å²) < 4.78 is 2.03. The lowest BCUT2D eigenvalue weighted by atomic mass is 10.1. The van der Waals surface area contributed by atoms with Gasteiger partial charge in [0.05, 0.1) is 17.1 Å². The number of piperidine rings is 1. The molecule has 0 unspecified atom stereocenters. The van der Waals surface area contributed by atoms with Gasteiger partial charge in [-0.1, -0.05) is 0 Å². The maximum absolute atomic E-state index is 12.8. The van der Waals surface area contributed by atoms with Crippen LogP contribution < -0.4 is 0 Å². The number of aryl methyl sites for hydroxylation is 3. The van der Waals surface area contributed by atoms with Crippen molar-refractivity contribution < 1.29 is 4.79 Å². The number of rotatable bonds is 2. The van der Waals surface area contributed by atoms with Crippen molar-refractivity contribution in [3.8, 4) is 0 Å². The number of hydrogen-bond donors (Lipinski definition) is 0. The number of thiophene rings is 1. The fourth-order valence-corrected chi connectivity index (χ4v) is 4.80. The standard InChI is InChI=1S/C17H21N3OS/c1-12-9-18-20(10-12)14-5-3-7-19(11-14)17(21)16-8-13-4-2-6-15(13)22-16/h8-10,14H,2-7,11H2,1H3/t14-/m0/s1. The highest BCUT2D eigenvalue weighted by molar-refractivity contribution is 7.14. The SMILES string of the molecule is Cc1cnn([C@H]2CCCN(C(=O)c3cc4c(s3)CCC4)C2)c1. The second kappa shape index (κ2) is 5.54. The molecule has 0 aromatic carbocycles. The number of fused-ring (bicyclic) bond motifs is 1. The number of aromatic nitrogens is 2. The molecule has 4 nitrogen and oxygen atoms in total. The van der Waals surface area contributed by atoms with E-state index < -0.39 is 0 Å². The van der Waals surface area contributed by atoms with E-state index in [2.05, 4.69) is 24.3 Å². The first-order chi connectivity index (χ1) is 10.7. The van der Waals surface area contributed by atoms with Crippen LogP contribution in [0.15, 0.2) is 18.5 Å². The Morgan fingerprint density at radius 2 is 2.27 bits per heavy atom. The Labute approximate surface area is 134 Å². The highest BCUT2D eigenvalue weighted by atomic mass is 32.1. The van der Waals surface area contributed by atoms with Crippen LogP contribution in [-0.2, 0) is 12.8 Å². The van der Waals surface area contributed by atoms with Gasteiger partial charge in [-0.05, 0) is 56.2 Å². The fourth-order valence-electron chi connectivity index (χ4n) is 3.58. The predicted octanol–water partition coefficient (Wildman–Crippen LogP) is 3.22. The van der Waals surface area contributed by atoms with Gasteiger partial charge in [-0.15, -0.1) is 11.3 Å². The number of carbonyl (C=O) groups excluding carboxylic acids is 1. The van der Waals surface area contributed by atoms with Gasteiger partial charge in [-0.25, -0.2) is 0 Å². The minimum atomic E-state index is 0.216. The Balaban J connectivity index is 1.50. The topological polar surface area (TPSA) is 38.1 Å². The Hall–Kier alpha value is -1.62. The van der Waals surface area contributed by atoms with Crippen LogP contribution in [0.3, 0.4) is 0 Å². The average Bonchev–Trinajstić information content (AvgIpc) is 3.21. The van der Waals surface area contributed by atoms with Gasteiger partial charge >= 0.3 is 0 Å². The number of amides is 1. The quantitative estimate of drug-likeness (QED) is 0.853. The Kier molecular flexibility index (Phi) is 3.53. The molecule has 0 bridgehead atoms. The second-order valence-corrected chi connectivity index (χ2v) is 7.59. The van der Waals surface area contributed by atoms with E-state index in [1.807, 2.05) is 15.8 Å². The van der Waals surface area contributed by atoms with Gasteiger partial charge in [0.2, 0.25) is 0 Å². The molecule has 1 saturated heterocycles. The molecule has 1 aliphatic carbocycles. The van der Waals surface area contributed by atoms with E-state index in [4.69, 9.17) is 0 Å².